The van der Waals surface area contributed by atoms with Gasteiger partial charge in [-0.3, -0.25) is 10.1 Å². The lowest BCUT2D eigenvalue weighted by Gasteiger charge is -2.17. The van der Waals surface area contributed by atoms with E-state index >= 15 is 0 Å². The number of halogens is 1. The third kappa shape index (κ3) is 4.13. The van der Waals surface area contributed by atoms with Gasteiger partial charge >= 0.3 is 0 Å². The van der Waals surface area contributed by atoms with E-state index in [9.17, 15) is 9.18 Å². The number of hydrogen-bond acceptors (Lipinski definition) is 2. The highest BCUT2D eigenvalue weighted by Gasteiger charge is 2.15. The third-order valence-electron chi connectivity index (χ3n) is 2.92. The van der Waals surface area contributed by atoms with Crippen LogP contribution < -0.4 is 5.32 Å². The molecule has 5 heteroatoms. The first-order valence-corrected chi connectivity index (χ1v) is 6.59. The Kier molecular flexibility index (Phi) is 4.63. The van der Waals surface area contributed by atoms with E-state index < -0.39 is 0 Å². The Hall–Kier alpha value is -1.75. The Morgan fingerprint density at radius 1 is 1.26 bits per heavy atom. The monoisotopic (exact) mass is 278 g/mol. The van der Waals surface area contributed by atoms with Crippen LogP contribution >= 0.6 is 12.2 Å². The summed E-state index contributed by atoms with van der Waals surface area (Å²) in [5.74, 6) is -0.557. The second-order valence-electron chi connectivity index (χ2n) is 4.37. The quantitative estimate of drug-likeness (QED) is 0.665. The van der Waals surface area contributed by atoms with E-state index in [1.807, 2.05) is 4.90 Å². The zero-order chi connectivity index (χ0) is 13.7. The van der Waals surface area contributed by atoms with Gasteiger partial charge in [0.1, 0.15) is 5.82 Å². The first kappa shape index (κ1) is 13.7. The van der Waals surface area contributed by atoms with Gasteiger partial charge in [-0.15, -0.1) is 0 Å². The molecule has 0 unspecified atom stereocenters. The van der Waals surface area contributed by atoms with Gasteiger partial charge in [-0.1, -0.05) is 12.1 Å². The van der Waals surface area contributed by atoms with Crippen molar-refractivity contribution < 1.29 is 9.18 Å². The van der Waals surface area contributed by atoms with Gasteiger partial charge in [0.2, 0.25) is 5.91 Å². The SMILES string of the molecule is O=C(C=Cc1ccc(F)cc1)NC(=S)N1CCCC1. The Morgan fingerprint density at radius 2 is 1.89 bits per heavy atom. The molecule has 0 spiro atoms. The fourth-order valence-electron chi connectivity index (χ4n) is 1.89. The Bertz CT molecular complexity index is 493. The summed E-state index contributed by atoms with van der Waals surface area (Å²) in [6.45, 7) is 1.81. The molecule has 1 aliphatic rings. The van der Waals surface area contributed by atoms with Crippen LogP contribution in [0.3, 0.4) is 0 Å². The molecule has 1 heterocycles. The lowest BCUT2D eigenvalue weighted by molar-refractivity contribution is -0.115. The molecule has 1 N–H and O–H groups in total. The minimum Gasteiger partial charge on any atom is -0.349 e. The summed E-state index contributed by atoms with van der Waals surface area (Å²) < 4.78 is 12.7. The number of carbonyl (C=O) groups is 1. The summed E-state index contributed by atoms with van der Waals surface area (Å²) in [6, 6.07) is 5.93. The Balaban J connectivity index is 1.86. The maximum atomic E-state index is 12.7. The van der Waals surface area contributed by atoms with E-state index in [1.54, 1.807) is 18.2 Å². The molecule has 0 saturated carbocycles. The average molecular weight is 278 g/mol. The van der Waals surface area contributed by atoms with Crippen molar-refractivity contribution in [3.63, 3.8) is 0 Å². The fraction of sp³-hybridized carbons (Fsp3) is 0.286. The number of rotatable bonds is 2. The van der Waals surface area contributed by atoms with Crippen molar-refractivity contribution in [3.05, 3.63) is 41.7 Å². The van der Waals surface area contributed by atoms with Crippen molar-refractivity contribution in [2.75, 3.05) is 13.1 Å². The first-order chi connectivity index (χ1) is 9.15. The van der Waals surface area contributed by atoms with Gasteiger partial charge in [-0.25, -0.2) is 4.39 Å². The molecule has 19 heavy (non-hydrogen) atoms. The molecule has 0 aliphatic carbocycles. The molecule has 2 rings (SSSR count). The topological polar surface area (TPSA) is 32.3 Å². The number of thiocarbonyl (C=S) groups is 1. The number of likely N-dealkylation sites (tertiary alicyclic amines) is 1. The summed E-state index contributed by atoms with van der Waals surface area (Å²) in [5, 5.41) is 3.14. The lowest BCUT2D eigenvalue weighted by Crippen LogP contribution is -2.40. The predicted octanol–water partition coefficient (Wildman–Crippen LogP) is 2.34. The van der Waals surface area contributed by atoms with Crippen LogP contribution in [0.15, 0.2) is 30.3 Å². The van der Waals surface area contributed by atoms with Gasteiger partial charge in [0, 0.05) is 19.2 Å². The van der Waals surface area contributed by atoms with E-state index in [1.165, 1.54) is 18.2 Å². The van der Waals surface area contributed by atoms with Crippen LogP contribution in [0.2, 0.25) is 0 Å². The van der Waals surface area contributed by atoms with Crippen LogP contribution in [0.5, 0.6) is 0 Å². The Morgan fingerprint density at radius 3 is 2.53 bits per heavy atom. The van der Waals surface area contributed by atoms with Crippen LogP contribution in [0.4, 0.5) is 4.39 Å². The summed E-state index contributed by atoms with van der Waals surface area (Å²) in [6.07, 6.45) is 5.25. The molecule has 1 aromatic carbocycles. The molecule has 100 valence electrons. The van der Waals surface area contributed by atoms with Gasteiger partial charge in [0.15, 0.2) is 5.11 Å². The molecular formula is C14H15FN2OS. The molecule has 1 aliphatic heterocycles. The van der Waals surface area contributed by atoms with Crippen molar-refractivity contribution in [1.29, 1.82) is 0 Å². The van der Waals surface area contributed by atoms with Gasteiger partial charge < -0.3 is 4.90 Å². The van der Waals surface area contributed by atoms with Gasteiger partial charge in [0.05, 0.1) is 0 Å². The number of amides is 1. The van der Waals surface area contributed by atoms with Gasteiger partial charge in [0.25, 0.3) is 0 Å². The largest absolute Gasteiger partial charge is 0.349 e. The van der Waals surface area contributed by atoms with E-state index in [-0.39, 0.29) is 11.7 Å². The second-order valence-corrected chi connectivity index (χ2v) is 4.76. The van der Waals surface area contributed by atoms with Crippen molar-refractivity contribution >= 4 is 29.3 Å². The zero-order valence-electron chi connectivity index (χ0n) is 10.4. The van der Waals surface area contributed by atoms with Gasteiger partial charge in [-0.2, -0.15) is 0 Å². The van der Waals surface area contributed by atoms with Crippen molar-refractivity contribution in [2.45, 2.75) is 12.8 Å². The van der Waals surface area contributed by atoms with Crippen molar-refractivity contribution in [3.8, 4) is 0 Å². The summed E-state index contributed by atoms with van der Waals surface area (Å²) in [5.41, 5.74) is 0.767. The molecule has 0 radical (unpaired) electrons. The summed E-state index contributed by atoms with van der Waals surface area (Å²) >= 11 is 5.15. The highest BCUT2D eigenvalue weighted by Crippen LogP contribution is 2.07. The molecule has 1 amide bonds. The Labute approximate surface area is 117 Å². The molecule has 0 atom stereocenters. The highest BCUT2D eigenvalue weighted by atomic mass is 32.1. The average Bonchev–Trinajstić information content (AvgIpc) is 2.92. The van der Waals surface area contributed by atoms with Crippen LogP contribution in [0.1, 0.15) is 18.4 Å². The van der Waals surface area contributed by atoms with E-state index in [4.69, 9.17) is 12.2 Å². The molecule has 3 nitrogen and oxygen atoms in total. The van der Waals surface area contributed by atoms with E-state index in [0.717, 1.165) is 31.5 Å². The van der Waals surface area contributed by atoms with Crippen molar-refractivity contribution in [1.82, 2.24) is 10.2 Å². The maximum absolute atomic E-state index is 12.7. The number of hydrogen-bond donors (Lipinski definition) is 1. The minimum absolute atomic E-state index is 0.263. The number of carbonyl (C=O) groups excluding carboxylic acids is 1. The number of benzene rings is 1. The van der Waals surface area contributed by atoms with E-state index in [2.05, 4.69) is 5.32 Å². The molecule has 0 bridgehead atoms. The first-order valence-electron chi connectivity index (χ1n) is 6.19. The van der Waals surface area contributed by atoms with Crippen LogP contribution in [-0.4, -0.2) is 29.0 Å². The van der Waals surface area contributed by atoms with Crippen LogP contribution in [0, 0.1) is 5.82 Å². The number of nitrogens with zero attached hydrogens (tertiary/aromatic N) is 1. The van der Waals surface area contributed by atoms with Gasteiger partial charge in [-0.05, 0) is 48.8 Å². The van der Waals surface area contributed by atoms with Crippen LogP contribution in [-0.2, 0) is 4.79 Å². The number of nitrogens with one attached hydrogen (secondary N) is 1. The standard InChI is InChI=1S/C14H15FN2OS/c15-12-6-3-11(4-7-12)5-8-13(18)16-14(19)17-9-1-2-10-17/h3-8H,1-2,9-10H2,(H,16,18,19). The summed E-state index contributed by atoms with van der Waals surface area (Å²) in [4.78, 5) is 13.6. The smallest absolute Gasteiger partial charge is 0.250 e. The molecular weight excluding hydrogens is 263 g/mol. The van der Waals surface area contributed by atoms with E-state index in [0.29, 0.717) is 5.11 Å². The second kappa shape index (κ2) is 6.43. The maximum Gasteiger partial charge on any atom is 0.250 e. The molecule has 1 fully saturated rings. The lowest BCUT2D eigenvalue weighted by atomic mass is 10.2. The highest BCUT2D eigenvalue weighted by molar-refractivity contribution is 7.80. The van der Waals surface area contributed by atoms with Crippen molar-refractivity contribution in [2.24, 2.45) is 0 Å². The molecule has 1 aromatic rings. The molecule has 0 aromatic heterocycles. The third-order valence-corrected chi connectivity index (χ3v) is 3.28. The molecule has 1 saturated heterocycles. The fourth-order valence-corrected chi connectivity index (χ4v) is 2.18. The minimum atomic E-state index is -0.295. The normalized spacial score (nSPS) is 14.9. The zero-order valence-corrected chi connectivity index (χ0v) is 11.3. The predicted molar refractivity (Wildman–Crippen MR) is 77.0 cm³/mol. The van der Waals surface area contributed by atoms with Crippen LogP contribution in [0.25, 0.3) is 6.08 Å². The summed E-state index contributed by atoms with van der Waals surface area (Å²) in [7, 11) is 0.